The van der Waals surface area contributed by atoms with Crippen LogP contribution in [0.4, 0.5) is 21.7 Å². The standard InChI is InChI=1S/C28H26FN7O/c1-28(2)17-35-25-23(26(37)34(3)27(35)32-28)24(31-21-13-11-20(29)12-14-21)36(33-25)16-18-7-9-19(10-8-18)22-6-4-5-15-30-22/h4-15,31H,16-17H2,1-3H3. The normalized spacial score (nSPS) is 15.9. The SMILES string of the molecule is CN1C(=O)c2c(nn(Cc3ccc(-c4ccccn4)cc3)c2Nc2ccc(F)cc2)N2CC(C)(C)N=C12. The molecule has 2 aliphatic rings. The number of guanidine groups is 1. The Morgan fingerprint density at radius 2 is 1.78 bits per heavy atom. The van der Waals surface area contributed by atoms with Gasteiger partial charge < -0.3 is 5.32 Å². The number of pyridine rings is 1. The molecular weight excluding hydrogens is 469 g/mol. The lowest BCUT2D eigenvalue weighted by Gasteiger charge is -2.30. The molecule has 6 rings (SSSR count). The zero-order chi connectivity index (χ0) is 25.7. The molecule has 1 N–H and O–H groups in total. The zero-order valence-electron chi connectivity index (χ0n) is 20.8. The summed E-state index contributed by atoms with van der Waals surface area (Å²) < 4.78 is 15.4. The van der Waals surface area contributed by atoms with Crippen molar-refractivity contribution in [1.82, 2.24) is 19.7 Å². The number of halogens is 1. The van der Waals surface area contributed by atoms with E-state index in [1.54, 1.807) is 35.0 Å². The van der Waals surface area contributed by atoms with Gasteiger partial charge >= 0.3 is 0 Å². The molecule has 0 bridgehead atoms. The number of hydrogen-bond acceptors (Lipinski definition) is 6. The van der Waals surface area contributed by atoms with Gasteiger partial charge in [-0.2, -0.15) is 5.10 Å². The highest BCUT2D eigenvalue weighted by atomic mass is 19.1. The van der Waals surface area contributed by atoms with Crippen molar-refractivity contribution < 1.29 is 9.18 Å². The number of anilines is 3. The average Bonchev–Trinajstić information content (AvgIpc) is 3.42. The lowest BCUT2D eigenvalue weighted by atomic mass is 10.1. The molecule has 0 spiro atoms. The Balaban J connectivity index is 1.41. The maximum absolute atomic E-state index is 13.6. The van der Waals surface area contributed by atoms with Gasteiger partial charge in [0.05, 0.1) is 24.3 Å². The number of amides is 1. The molecule has 0 atom stereocenters. The molecular formula is C28H26FN7O. The minimum atomic E-state index is -0.346. The van der Waals surface area contributed by atoms with Crippen LogP contribution in [0.25, 0.3) is 11.3 Å². The number of nitrogens with one attached hydrogen (secondary N) is 1. The predicted molar refractivity (Wildman–Crippen MR) is 142 cm³/mol. The minimum absolute atomic E-state index is 0.191. The summed E-state index contributed by atoms with van der Waals surface area (Å²) in [5, 5.41) is 8.23. The van der Waals surface area contributed by atoms with Crippen LogP contribution in [0.15, 0.2) is 77.9 Å². The summed E-state index contributed by atoms with van der Waals surface area (Å²) >= 11 is 0. The van der Waals surface area contributed by atoms with Gasteiger partial charge in [-0.05, 0) is 55.8 Å². The molecule has 2 aromatic carbocycles. The van der Waals surface area contributed by atoms with Gasteiger partial charge in [-0.1, -0.05) is 30.3 Å². The average molecular weight is 496 g/mol. The van der Waals surface area contributed by atoms with Crippen LogP contribution in [0, 0.1) is 5.82 Å². The first-order chi connectivity index (χ1) is 17.8. The summed E-state index contributed by atoms with van der Waals surface area (Å²) in [4.78, 5) is 26.3. The van der Waals surface area contributed by atoms with Crippen LogP contribution >= 0.6 is 0 Å². The van der Waals surface area contributed by atoms with Gasteiger partial charge in [-0.25, -0.2) is 14.1 Å². The van der Waals surface area contributed by atoms with Gasteiger partial charge in [0.2, 0.25) is 5.96 Å². The number of nitrogens with zero attached hydrogens (tertiary/aromatic N) is 6. The molecule has 0 fully saturated rings. The second-order valence-corrected chi connectivity index (χ2v) is 9.92. The van der Waals surface area contributed by atoms with E-state index >= 15 is 0 Å². The number of fused-ring (bicyclic) bond motifs is 3. The fourth-order valence-corrected chi connectivity index (χ4v) is 4.74. The van der Waals surface area contributed by atoms with Crippen LogP contribution in [0.1, 0.15) is 29.8 Å². The number of carbonyl (C=O) groups excluding carboxylic acids is 1. The van der Waals surface area contributed by atoms with Crippen molar-refractivity contribution in [1.29, 1.82) is 0 Å². The molecule has 186 valence electrons. The van der Waals surface area contributed by atoms with Crippen molar-refractivity contribution in [3.63, 3.8) is 0 Å². The highest BCUT2D eigenvalue weighted by Crippen LogP contribution is 2.39. The Labute approximate surface area is 214 Å². The molecule has 1 amide bonds. The van der Waals surface area contributed by atoms with Crippen molar-refractivity contribution in [2.45, 2.75) is 25.9 Å². The number of aromatic nitrogens is 3. The molecule has 8 nitrogen and oxygen atoms in total. The number of carbonyl (C=O) groups is 1. The molecule has 0 saturated carbocycles. The van der Waals surface area contributed by atoms with E-state index in [9.17, 15) is 9.18 Å². The van der Waals surface area contributed by atoms with Crippen molar-refractivity contribution in [3.8, 4) is 11.3 Å². The van der Waals surface area contributed by atoms with Gasteiger partial charge in [0.25, 0.3) is 5.91 Å². The summed E-state index contributed by atoms with van der Waals surface area (Å²) in [6, 6.07) is 20.0. The predicted octanol–water partition coefficient (Wildman–Crippen LogP) is 4.92. The molecule has 4 aromatic rings. The van der Waals surface area contributed by atoms with E-state index in [0.717, 1.165) is 16.8 Å². The lowest BCUT2D eigenvalue weighted by Crippen LogP contribution is -2.48. The summed E-state index contributed by atoms with van der Waals surface area (Å²) in [7, 11) is 1.73. The number of benzene rings is 2. The Kier molecular flexibility index (Phi) is 5.29. The van der Waals surface area contributed by atoms with E-state index in [4.69, 9.17) is 10.1 Å². The summed E-state index contributed by atoms with van der Waals surface area (Å²) in [5.74, 6) is 1.20. The largest absolute Gasteiger partial charge is 0.340 e. The zero-order valence-corrected chi connectivity index (χ0v) is 20.8. The maximum atomic E-state index is 13.6. The number of aliphatic imine (C=N–C) groups is 1. The van der Waals surface area contributed by atoms with E-state index in [-0.39, 0.29) is 17.3 Å². The Hall–Kier alpha value is -4.53. The molecule has 37 heavy (non-hydrogen) atoms. The maximum Gasteiger partial charge on any atom is 0.267 e. The van der Waals surface area contributed by atoms with Crippen LogP contribution in [0.2, 0.25) is 0 Å². The van der Waals surface area contributed by atoms with E-state index in [0.29, 0.717) is 41.9 Å². The fraction of sp³-hybridized carbons (Fsp3) is 0.214. The topological polar surface area (TPSA) is 78.7 Å². The fourth-order valence-electron chi connectivity index (χ4n) is 4.74. The Morgan fingerprint density at radius 1 is 1.03 bits per heavy atom. The molecule has 2 aromatic heterocycles. The second kappa shape index (κ2) is 8.55. The third kappa shape index (κ3) is 4.12. The molecule has 0 saturated heterocycles. The van der Waals surface area contributed by atoms with Crippen LogP contribution in [-0.2, 0) is 6.54 Å². The monoisotopic (exact) mass is 495 g/mol. The van der Waals surface area contributed by atoms with Gasteiger partial charge in [-0.15, -0.1) is 0 Å². The third-order valence-electron chi connectivity index (χ3n) is 6.55. The summed E-state index contributed by atoms with van der Waals surface area (Å²) in [5.41, 5.74) is 3.71. The summed E-state index contributed by atoms with van der Waals surface area (Å²) in [6.07, 6.45) is 1.77. The van der Waals surface area contributed by atoms with Crippen LogP contribution < -0.4 is 10.2 Å². The minimum Gasteiger partial charge on any atom is -0.340 e. The van der Waals surface area contributed by atoms with E-state index in [1.165, 1.54) is 12.1 Å². The van der Waals surface area contributed by atoms with Crippen molar-refractivity contribution in [3.05, 3.63) is 89.9 Å². The van der Waals surface area contributed by atoms with Crippen molar-refractivity contribution >= 4 is 29.2 Å². The van der Waals surface area contributed by atoms with Crippen LogP contribution in [0.5, 0.6) is 0 Å². The van der Waals surface area contributed by atoms with E-state index in [2.05, 4.69) is 10.3 Å². The van der Waals surface area contributed by atoms with Crippen LogP contribution in [-0.4, -0.2) is 50.7 Å². The van der Waals surface area contributed by atoms with Crippen LogP contribution in [0.3, 0.4) is 0 Å². The molecule has 0 unspecified atom stereocenters. The van der Waals surface area contributed by atoms with Gasteiger partial charge in [-0.3, -0.25) is 19.6 Å². The smallest absolute Gasteiger partial charge is 0.267 e. The van der Waals surface area contributed by atoms with Gasteiger partial charge in [0, 0.05) is 24.5 Å². The first-order valence-electron chi connectivity index (χ1n) is 12.1. The summed E-state index contributed by atoms with van der Waals surface area (Å²) in [6.45, 7) is 5.11. The number of hydrogen-bond donors (Lipinski definition) is 1. The Bertz CT molecular complexity index is 1510. The Morgan fingerprint density at radius 3 is 2.49 bits per heavy atom. The van der Waals surface area contributed by atoms with E-state index < -0.39 is 0 Å². The highest BCUT2D eigenvalue weighted by molar-refractivity contribution is 6.20. The highest BCUT2D eigenvalue weighted by Gasteiger charge is 2.45. The number of rotatable bonds is 5. The lowest BCUT2D eigenvalue weighted by molar-refractivity contribution is 0.0866. The second-order valence-electron chi connectivity index (χ2n) is 9.92. The van der Waals surface area contributed by atoms with Crippen molar-refractivity contribution in [2.24, 2.45) is 4.99 Å². The van der Waals surface area contributed by atoms with Gasteiger partial charge in [0.1, 0.15) is 17.2 Å². The first-order valence-corrected chi connectivity index (χ1v) is 12.1. The molecule has 9 heteroatoms. The molecule has 0 aliphatic carbocycles. The van der Waals surface area contributed by atoms with Crippen molar-refractivity contribution in [2.75, 3.05) is 23.8 Å². The quantitative estimate of drug-likeness (QED) is 0.425. The molecule has 2 aliphatic heterocycles. The first kappa shape index (κ1) is 22.9. The third-order valence-corrected chi connectivity index (χ3v) is 6.55. The molecule has 0 radical (unpaired) electrons. The molecule has 4 heterocycles. The van der Waals surface area contributed by atoms with Gasteiger partial charge in [0.15, 0.2) is 5.82 Å². The van der Waals surface area contributed by atoms with E-state index in [1.807, 2.05) is 61.2 Å².